The first-order chi connectivity index (χ1) is 7.67. The van der Waals surface area contributed by atoms with Gasteiger partial charge in [0.15, 0.2) is 0 Å². The van der Waals surface area contributed by atoms with Crippen molar-refractivity contribution in [3.05, 3.63) is 17.5 Å². The number of rotatable bonds is 6. The standard InChI is InChI=1S/C12H21N3O/c1-10-11(8-14-15(10)2)7-13-9-12(3-4-12)5-6-16/h8,13,16H,3-7,9H2,1-2H3. The molecule has 4 nitrogen and oxygen atoms in total. The average molecular weight is 223 g/mol. The molecule has 2 N–H and O–H groups in total. The van der Waals surface area contributed by atoms with Crippen molar-refractivity contribution >= 4 is 0 Å². The molecule has 2 rings (SSSR count). The Kier molecular flexibility index (Phi) is 3.30. The van der Waals surface area contributed by atoms with E-state index < -0.39 is 0 Å². The van der Waals surface area contributed by atoms with Gasteiger partial charge in [0, 0.05) is 38.0 Å². The molecule has 0 spiro atoms. The minimum atomic E-state index is 0.313. The van der Waals surface area contributed by atoms with Gasteiger partial charge < -0.3 is 10.4 Å². The quantitative estimate of drug-likeness (QED) is 0.756. The molecule has 0 atom stereocenters. The van der Waals surface area contributed by atoms with E-state index in [0.717, 1.165) is 19.5 Å². The second kappa shape index (κ2) is 4.55. The molecule has 1 heterocycles. The lowest BCUT2D eigenvalue weighted by Crippen LogP contribution is -2.24. The second-order valence-electron chi connectivity index (χ2n) is 4.96. The summed E-state index contributed by atoms with van der Waals surface area (Å²) in [6.45, 7) is 4.30. The Morgan fingerprint density at radius 2 is 2.31 bits per heavy atom. The Labute approximate surface area is 96.7 Å². The van der Waals surface area contributed by atoms with E-state index in [1.165, 1.54) is 24.1 Å². The lowest BCUT2D eigenvalue weighted by Gasteiger charge is -2.14. The molecule has 0 aromatic carbocycles. The molecule has 1 aromatic heterocycles. The van der Waals surface area contributed by atoms with Gasteiger partial charge in [-0.05, 0) is 31.6 Å². The summed E-state index contributed by atoms with van der Waals surface area (Å²) < 4.78 is 1.90. The summed E-state index contributed by atoms with van der Waals surface area (Å²) in [4.78, 5) is 0. The number of hydrogen-bond acceptors (Lipinski definition) is 3. The summed E-state index contributed by atoms with van der Waals surface area (Å²) in [5.41, 5.74) is 2.88. The predicted molar refractivity (Wildman–Crippen MR) is 63.0 cm³/mol. The van der Waals surface area contributed by atoms with Crippen molar-refractivity contribution in [3.63, 3.8) is 0 Å². The van der Waals surface area contributed by atoms with E-state index in [2.05, 4.69) is 17.3 Å². The maximum Gasteiger partial charge on any atom is 0.0537 e. The molecule has 1 aliphatic carbocycles. The zero-order valence-electron chi connectivity index (χ0n) is 10.2. The Bertz CT molecular complexity index is 355. The number of aliphatic hydroxyl groups excluding tert-OH is 1. The smallest absolute Gasteiger partial charge is 0.0537 e. The SMILES string of the molecule is Cc1c(CNCC2(CCO)CC2)cnn1C. The van der Waals surface area contributed by atoms with Crippen LogP contribution in [0.15, 0.2) is 6.20 Å². The van der Waals surface area contributed by atoms with Gasteiger partial charge in [-0.1, -0.05) is 0 Å². The van der Waals surface area contributed by atoms with Crippen LogP contribution >= 0.6 is 0 Å². The second-order valence-corrected chi connectivity index (χ2v) is 4.96. The largest absolute Gasteiger partial charge is 0.396 e. The van der Waals surface area contributed by atoms with Crippen LogP contribution in [-0.2, 0) is 13.6 Å². The number of nitrogens with one attached hydrogen (secondary N) is 1. The van der Waals surface area contributed by atoms with Crippen LogP contribution in [-0.4, -0.2) is 28.0 Å². The summed E-state index contributed by atoms with van der Waals surface area (Å²) in [5, 5.41) is 16.7. The highest BCUT2D eigenvalue weighted by atomic mass is 16.3. The van der Waals surface area contributed by atoms with Crippen LogP contribution in [0, 0.1) is 12.3 Å². The normalized spacial score (nSPS) is 17.7. The fourth-order valence-corrected chi connectivity index (χ4v) is 2.11. The average Bonchev–Trinajstić information content (AvgIpc) is 2.95. The molecule has 0 amide bonds. The molecule has 4 heteroatoms. The highest BCUT2D eigenvalue weighted by molar-refractivity contribution is 5.15. The van der Waals surface area contributed by atoms with E-state index in [1.54, 1.807) is 0 Å². The Balaban J connectivity index is 1.78. The zero-order valence-corrected chi connectivity index (χ0v) is 10.2. The van der Waals surface area contributed by atoms with Crippen molar-refractivity contribution in [3.8, 4) is 0 Å². The molecule has 1 aliphatic rings. The van der Waals surface area contributed by atoms with E-state index in [9.17, 15) is 0 Å². The van der Waals surface area contributed by atoms with Crippen LogP contribution in [0.5, 0.6) is 0 Å². The number of aromatic nitrogens is 2. The van der Waals surface area contributed by atoms with Crippen molar-refractivity contribution in [2.24, 2.45) is 12.5 Å². The predicted octanol–water partition coefficient (Wildman–Crippen LogP) is 0.981. The Hall–Kier alpha value is -0.870. The maximum atomic E-state index is 8.96. The molecule has 0 aliphatic heterocycles. The van der Waals surface area contributed by atoms with E-state index in [-0.39, 0.29) is 0 Å². The Morgan fingerprint density at radius 3 is 2.81 bits per heavy atom. The highest BCUT2D eigenvalue weighted by Crippen LogP contribution is 2.47. The van der Waals surface area contributed by atoms with Crippen molar-refractivity contribution in [1.29, 1.82) is 0 Å². The van der Waals surface area contributed by atoms with E-state index in [4.69, 9.17) is 5.11 Å². The summed E-state index contributed by atoms with van der Waals surface area (Å²) in [6, 6.07) is 0. The molecular weight excluding hydrogens is 202 g/mol. The molecule has 0 unspecified atom stereocenters. The van der Waals surface area contributed by atoms with Crippen molar-refractivity contribution in [2.75, 3.05) is 13.2 Å². The van der Waals surface area contributed by atoms with Crippen LogP contribution in [0.1, 0.15) is 30.5 Å². The minimum Gasteiger partial charge on any atom is -0.396 e. The highest BCUT2D eigenvalue weighted by Gasteiger charge is 2.41. The zero-order chi connectivity index (χ0) is 11.6. The number of hydrogen-bond donors (Lipinski definition) is 2. The number of aryl methyl sites for hydroxylation is 1. The lowest BCUT2D eigenvalue weighted by atomic mass is 10.0. The topological polar surface area (TPSA) is 50.1 Å². The van der Waals surface area contributed by atoms with Gasteiger partial charge in [0.05, 0.1) is 6.20 Å². The van der Waals surface area contributed by atoms with Crippen LogP contribution in [0.2, 0.25) is 0 Å². The summed E-state index contributed by atoms with van der Waals surface area (Å²) >= 11 is 0. The molecule has 16 heavy (non-hydrogen) atoms. The fourth-order valence-electron chi connectivity index (χ4n) is 2.11. The monoisotopic (exact) mass is 223 g/mol. The van der Waals surface area contributed by atoms with E-state index >= 15 is 0 Å². The molecule has 0 radical (unpaired) electrons. The molecule has 90 valence electrons. The van der Waals surface area contributed by atoms with Crippen molar-refractivity contribution in [2.45, 2.75) is 32.7 Å². The summed E-state index contributed by atoms with van der Waals surface area (Å²) in [5.74, 6) is 0. The molecule has 1 aromatic rings. The van der Waals surface area contributed by atoms with Crippen LogP contribution in [0.3, 0.4) is 0 Å². The van der Waals surface area contributed by atoms with E-state index in [1.807, 2.05) is 17.9 Å². The van der Waals surface area contributed by atoms with Crippen LogP contribution in [0.4, 0.5) is 0 Å². The first kappa shape index (κ1) is 11.6. The van der Waals surface area contributed by atoms with Gasteiger partial charge in [-0.2, -0.15) is 5.10 Å². The molecular formula is C12H21N3O. The summed E-state index contributed by atoms with van der Waals surface area (Å²) in [6.07, 6.45) is 5.37. The first-order valence-corrected chi connectivity index (χ1v) is 5.96. The van der Waals surface area contributed by atoms with Crippen molar-refractivity contribution < 1.29 is 5.11 Å². The van der Waals surface area contributed by atoms with Gasteiger partial charge >= 0.3 is 0 Å². The van der Waals surface area contributed by atoms with Crippen molar-refractivity contribution in [1.82, 2.24) is 15.1 Å². The fraction of sp³-hybridized carbons (Fsp3) is 0.750. The number of nitrogens with zero attached hydrogens (tertiary/aromatic N) is 2. The lowest BCUT2D eigenvalue weighted by molar-refractivity contribution is 0.245. The third-order valence-corrected chi connectivity index (χ3v) is 3.75. The van der Waals surface area contributed by atoms with Gasteiger partial charge in [-0.15, -0.1) is 0 Å². The molecule has 0 saturated heterocycles. The third kappa shape index (κ3) is 2.44. The van der Waals surface area contributed by atoms with Crippen LogP contribution < -0.4 is 5.32 Å². The van der Waals surface area contributed by atoms with E-state index in [0.29, 0.717) is 12.0 Å². The molecule has 1 fully saturated rings. The van der Waals surface area contributed by atoms with Gasteiger partial charge in [-0.25, -0.2) is 0 Å². The molecule has 1 saturated carbocycles. The summed E-state index contributed by atoms with van der Waals surface area (Å²) in [7, 11) is 1.97. The Morgan fingerprint density at radius 1 is 1.56 bits per heavy atom. The first-order valence-electron chi connectivity index (χ1n) is 5.96. The maximum absolute atomic E-state index is 8.96. The van der Waals surface area contributed by atoms with Gasteiger partial charge in [0.2, 0.25) is 0 Å². The van der Waals surface area contributed by atoms with Gasteiger partial charge in [0.1, 0.15) is 0 Å². The van der Waals surface area contributed by atoms with Crippen LogP contribution in [0.25, 0.3) is 0 Å². The van der Waals surface area contributed by atoms with Gasteiger partial charge in [0.25, 0.3) is 0 Å². The molecule has 0 bridgehead atoms. The third-order valence-electron chi connectivity index (χ3n) is 3.75. The van der Waals surface area contributed by atoms with Gasteiger partial charge in [-0.3, -0.25) is 4.68 Å². The minimum absolute atomic E-state index is 0.313. The number of aliphatic hydroxyl groups is 1.